The van der Waals surface area contributed by atoms with Crippen molar-refractivity contribution in [2.75, 3.05) is 23.3 Å². The van der Waals surface area contributed by atoms with E-state index in [1.54, 1.807) is 19.1 Å². The third-order valence-electron chi connectivity index (χ3n) is 5.64. The molecular formula is C22H26FN5O. The highest BCUT2D eigenvalue weighted by atomic mass is 19.1. The number of piperidine rings is 1. The monoisotopic (exact) mass is 395 g/mol. The number of hydrogen-bond donors (Lipinski definition) is 2. The fraction of sp³-hybridized carbons (Fsp3) is 0.409. The van der Waals surface area contributed by atoms with Gasteiger partial charge in [0.2, 0.25) is 0 Å². The molecule has 0 bridgehead atoms. The molecule has 0 unspecified atom stereocenters. The minimum Gasteiger partial charge on any atom is -0.393 e. The van der Waals surface area contributed by atoms with Gasteiger partial charge in [-0.3, -0.25) is 4.98 Å². The number of aryl methyl sites for hydroxylation is 2. The first-order valence-electron chi connectivity index (χ1n) is 10.0. The predicted molar refractivity (Wildman–Crippen MR) is 113 cm³/mol. The van der Waals surface area contributed by atoms with Gasteiger partial charge in [0.05, 0.1) is 35.2 Å². The lowest BCUT2D eigenvalue weighted by atomic mass is 10.0. The van der Waals surface area contributed by atoms with Crippen molar-refractivity contribution in [2.45, 2.75) is 45.8 Å². The lowest BCUT2D eigenvalue weighted by Crippen LogP contribution is -2.35. The van der Waals surface area contributed by atoms with E-state index in [-0.39, 0.29) is 18.0 Å². The molecule has 0 aliphatic carbocycles. The van der Waals surface area contributed by atoms with Gasteiger partial charge in [0.1, 0.15) is 5.82 Å². The van der Waals surface area contributed by atoms with Crippen LogP contribution < -0.4 is 10.2 Å². The average Bonchev–Trinajstić information content (AvgIpc) is 2.72. The summed E-state index contributed by atoms with van der Waals surface area (Å²) in [6.07, 6.45) is 3.12. The van der Waals surface area contributed by atoms with Gasteiger partial charge in [-0.1, -0.05) is 18.2 Å². The Bertz CT molecular complexity index is 1030. The Morgan fingerprint density at radius 2 is 1.97 bits per heavy atom. The number of benzene rings is 1. The smallest absolute Gasteiger partial charge is 0.158 e. The number of nitrogens with zero attached hydrogens (tertiary/aromatic N) is 4. The maximum absolute atomic E-state index is 14.6. The van der Waals surface area contributed by atoms with Crippen LogP contribution in [0.2, 0.25) is 0 Å². The third kappa shape index (κ3) is 3.87. The Balaban J connectivity index is 1.69. The van der Waals surface area contributed by atoms with Crippen molar-refractivity contribution in [3.8, 4) is 0 Å². The zero-order valence-corrected chi connectivity index (χ0v) is 17.0. The van der Waals surface area contributed by atoms with Crippen molar-refractivity contribution in [1.29, 1.82) is 0 Å². The molecule has 1 aromatic carbocycles. The molecule has 2 N–H and O–H groups in total. The Morgan fingerprint density at radius 3 is 2.72 bits per heavy atom. The summed E-state index contributed by atoms with van der Waals surface area (Å²) in [6, 6.07) is 7.19. The number of halogens is 1. The molecule has 3 heterocycles. The molecule has 0 spiro atoms. The molecule has 0 amide bonds. The van der Waals surface area contributed by atoms with Crippen LogP contribution >= 0.6 is 0 Å². The fourth-order valence-corrected chi connectivity index (χ4v) is 3.84. The number of aliphatic hydroxyl groups excluding tert-OH is 1. The summed E-state index contributed by atoms with van der Waals surface area (Å²) >= 11 is 0. The molecule has 1 aliphatic heterocycles. The van der Waals surface area contributed by atoms with Gasteiger partial charge in [0, 0.05) is 24.0 Å². The predicted octanol–water partition coefficient (Wildman–Crippen LogP) is 3.91. The maximum Gasteiger partial charge on any atom is 0.158 e. The number of aliphatic hydroxyl groups is 1. The number of anilines is 2. The number of hydrogen-bond acceptors (Lipinski definition) is 6. The van der Waals surface area contributed by atoms with Crippen LogP contribution in [-0.2, 0) is 0 Å². The van der Waals surface area contributed by atoms with Gasteiger partial charge in [0.25, 0.3) is 0 Å². The first kappa shape index (κ1) is 19.5. The number of aromatic nitrogens is 3. The Labute approximate surface area is 169 Å². The third-order valence-corrected chi connectivity index (χ3v) is 5.64. The molecule has 1 atom stereocenters. The van der Waals surface area contributed by atoms with Gasteiger partial charge in [-0.2, -0.15) is 5.10 Å². The van der Waals surface area contributed by atoms with Crippen LogP contribution in [0.15, 0.2) is 30.5 Å². The van der Waals surface area contributed by atoms with Crippen molar-refractivity contribution >= 4 is 22.4 Å². The summed E-state index contributed by atoms with van der Waals surface area (Å²) in [7, 11) is 0. The maximum atomic E-state index is 14.6. The van der Waals surface area contributed by atoms with Crippen LogP contribution in [0.4, 0.5) is 15.9 Å². The molecule has 1 saturated heterocycles. The van der Waals surface area contributed by atoms with Gasteiger partial charge in [-0.15, -0.1) is 5.10 Å². The summed E-state index contributed by atoms with van der Waals surface area (Å²) in [5.74, 6) is 0.382. The van der Waals surface area contributed by atoms with Crippen LogP contribution in [0.25, 0.3) is 10.9 Å². The van der Waals surface area contributed by atoms with Crippen molar-refractivity contribution in [2.24, 2.45) is 0 Å². The molecule has 152 valence electrons. The topological polar surface area (TPSA) is 74.2 Å². The largest absolute Gasteiger partial charge is 0.393 e. The lowest BCUT2D eigenvalue weighted by molar-refractivity contribution is 0.145. The van der Waals surface area contributed by atoms with Crippen LogP contribution in [-0.4, -0.2) is 39.5 Å². The Morgan fingerprint density at radius 1 is 1.21 bits per heavy atom. The van der Waals surface area contributed by atoms with E-state index in [2.05, 4.69) is 31.5 Å². The highest BCUT2D eigenvalue weighted by Crippen LogP contribution is 2.30. The minimum atomic E-state index is -0.274. The molecule has 1 aliphatic rings. The lowest BCUT2D eigenvalue weighted by Gasteiger charge is -2.31. The first-order chi connectivity index (χ1) is 13.9. The number of rotatable bonds is 4. The molecular weight excluding hydrogens is 369 g/mol. The second-order valence-electron chi connectivity index (χ2n) is 7.79. The number of pyridine rings is 1. The molecule has 0 radical (unpaired) electrons. The van der Waals surface area contributed by atoms with Crippen LogP contribution in [0.5, 0.6) is 0 Å². The molecule has 6 nitrogen and oxygen atoms in total. The second-order valence-corrected chi connectivity index (χ2v) is 7.79. The van der Waals surface area contributed by atoms with E-state index in [1.165, 1.54) is 0 Å². The van der Waals surface area contributed by atoms with E-state index in [0.29, 0.717) is 16.9 Å². The Hall–Kier alpha value is -2.80. The summed E-state index contributed by atoms with van der Waals surface area (Å²) in [4.78, 5) is 6.85. The van der Waals surface area contributed by atoms with E-state index in [4.69, 9.17) is 0 Å². The molecule has 4 rings (SSSR count). The average molecular weight is 395 g/mol. The summed E-state index contributed by atoms with van der Waals surface area (Å²) in [5, 5.41) is 22.5. The molecule has 1 fully saturated rings. The standard InChI is InChI=1S/C22H26FN5O/c1-13-5-4-6-18(20(13)23)14(2)25-22-19-11-16(28-9-7-17(29)8-10-28)12-24-21(19)15(3)26-27-22/h4-6,11-12,14,17,29H,7-10H2,1-3H3,(H,25,27)/t14-/m1/s1. The highest BCUT2D eigenvalue weighted by Gasteiger charge is 2.20. The van der Waals surface area contributed by atoms with Crippen LogP contribution in [0.3, 0.4) is 0 Å². The molecule has 7 heteroatoms. The van der Waals surface area contributed by atoms with E-state index < -0.39 is 0 Å². The normalized spacial score (nSPS) is 16.2. The SMILES string of the molecule is Cc1cccc([C@@H](C)Nc2nnc(C)c3ncc(N4CCC(O)CC4)cc23)c1F. The van der Waals surface area contributed by atoms with Gasteiger partial charge in [-0.05, 0) is 45.2 Å². The number of nitrogens with one attached hydrogen (secondary N) is 1. The van der Waals surface area contributed by atoms with Crippen molar-refractivity contribution in [3.63, 3.8) is 0 Å². The summed E-state index contributed by atoms with van der Waals surface area (Å²) in [6.45, 7) is 7.14. The molecule has 0 saturated carbocycles. The fourth-order valence-electron chi connectivity index (χ4n) is 3.84. The van der Waals surface area contributed by atoms with E-state index in [9.17, 15) is 9.50 Å². The molecule has 2 aromatic heterocycles. The molecule has 29 heavy (non-hydrogen) atoms. The van der Waals surface area contributed by atoms with E-state index in [1.807, 2.05) is 26.1 Å². The van der Waals surface area contributed by atoms with E-state index >= 15 is 0 Å². The zero-order valence-electron chi connectivity index (χ0n) is 17.0. The summed E-state index contributed by atoms with van der Waals surface area (Å²) in [5.41, 5.74) is 3.73. The van der Waals surface area contributed by atoms with Gasteiger partial charge in [0.15, 0.2) is 5.82 Å². The van der Waals surface area contributed by atoms with Crippen LogP contribution in [0, 0.1) is 19.7 Å². The van der Waals surface area contributed by atoms with E-state index in [0.717, 1.165) is 48.2 Å². The first-order valence-corrected chi connectivity index (χ1v) is 10.0. The van der Waals surface area contributed by atoms with Gasteiger partial charge >= 0.3 is 0 Å². The quantitative estimate of drug-likeness (QED) is 0.698. The van der Waals surface area contributed by atoms with Crippen LogP contribution in [0.1, 0.15) is 42.6 Å². The van der Waals surface area contributed by atoms with Crippen molar-refractivity contribution in [3.05, 3.63) is 53.1 Å². The minimum absolute atomic E-state index is 0.206. The van der Waals surface area contributed by atoms with Crippen molar-refractivity contribution < 1.29 is 9.50 Å². The molecule has 3 aromatic rings. The summed E-state index contributed by atoms with van der Waals surface area (Å²) < 4.78 is 14.6. The zero-order chi connectivity index (χ0) is 20.5. The van der Waals surface area contributed by atoms with Crippen molar-refractivity contribution in [1.82, 2.24) is 15.2 Å². The number of fused-ring (bicyclic) bond motifs is 1. The van der Waals surface area contributed by atoms with Gasteiger partial charge in [-0.25, -0.2) is 4.39 Å². The highest BCUT2D eigenvalue weighted by molar-refractivity contribution is 5.92. The Kier molecular flexibility index (Phi) is 5.32. The second kappa shape index (κ2) is 7.91. The van der Waals surface area contributed by atoms with Gasteiger partial charge < -0.3 is 15.3 Å².